The molecule has 0 bridgehead atoms. The Labute approximate surface area is 260 Å². The molecule has 0 spiro atoms. The van der Waals surface area contributed by atoms with Crippen molar-refractivity contribution in [2.45, 2.75) is 114 Å². The number of phosphoric acid groups is 1. The van der Waals surface area contributed by atoms with Crippen molar-refractivity contribution in [1.29, 1.82) is 0 Å². The average Bonchev–Trinajstić information content (AvgIpc) is 2.98. The van der Waals surface area contributed by atoms with E-state index in [9.17, 15) is 34.2 Å². The number of esters is 2. The van der Waals surface area contributed by atoms with Gasteiger partial charge in [0.05, 0.1) is 12.0 Å². The zero-order valence-electron chi connectivity index (χ0n) is 25.6. The number of hydrogen-bond acceptors (Lipinski definition) is 9. The summed E-state index contributed by atoms with van der Waals surface area (Å²) in [5, 5.41) is 22.2. The Bertz CT molecular complexity index is 1090. The zero-order chi connectivity index (χ0) is 32.2. The van der Waals surface area contributed by atoms with Crippen molar-refractivity contribution in [3.63, 3.8) is 0 Å². The number of hydrogen-bond donors (Lipinski definition) is 5. The molecule has 248 valence electrons. The Hall–Kier alpha value is -2.11. The third kappa shape index (κ3) is 12.0. The maximum absolute atomic E-state index is 12.6. The highest BCUT2D eigenvalue weighted by atomic mass is 31.2. The van der Waals surface area contributed by atoms with Gasteiger partial charge in [0.25, 0.3) is 0 Å². The van der Waals surface area contributed by atoms with Crippen molar-refractivity contribution in [2.24, 2.45) is 23.5 Å². The lowest BCUT2D eigenvalue weighted by atomic mass is 9.86. The van der Waals surface area contributed by atoms with Crippen LogP contribution in [0.4, 0.5) is 0 Å². The van der Waals surface area contributed by atoms with Crippen LogP contribution in [0.3, 0.4) is 0 Å². The van der Waals surface area contributed by atoms with Crippen LogP contribution < -0.4 is 5.73 Å². The number of rotatable bonds is 15. The Morgan fingerprint density at radius 1 is 1.16 bits per heavy atom. The van der Waals surface area contributed by atoms with Crippen LogP contribution in [-0.2, 0) is 28.2 Å². The SMILES string of the molecule is CC[C@H]1C=CC(=O)O[C@H]1C=C[C@](O)(CCN)[C@H](C[C@H](O)C=CC=C[C@@H]1CCC[C@H](OC(=O)C2CCCCC2)C1)OP(=O)(O)O. The van der Waals surface area contributed by atoms with Gasteiger partial charge in [-0.2, -0.15) is 0 Å². The molecule has 44 heavy (non-hydrogen) atoms. The highest BCUT2D eigenvalue weighted by Crippen LogP contribution is 2.42. The van der Waals surface area contributed by atoms with E-state index in [-0.39, 0.29) is 49.2 Å². The monoisotopic (exact) mass is 639 g/mol. The fraction of sp³-hybridized carbons (Fsp3) is 0.688. The molecule has 6 N–H and O–H groups in total. The van der Waals surface area contributed by atoms with Gasteiger partial charge in [0.2, 0.25) is 0 Å². The number of carbonyl (C=O) groups is 2. The number of carbonyl (C=O) groups excluding carboxylic acids is 2. The fourth-order valence-corrected chi connectivity index (χ4v) is 6.84. The number of phosphoric ester groups is 1. The van der Waals surface area contributed by atoms with Crippen LogP contribution in [0.15, 0.2) is 48.6 Å². The van der Waals surface area contributed by atoms with Gasteiger partial charge in [0.1, 0.15) is 23.9 Å². The minimum Gasteiger partial charge on any atom is -0.462 e. The molecule has 2 saturated carbocycles. The number of ether oxygens (including phenoxy) is 2. The summed E-state index contributed by atoms with van der Waals surface area (Å²) in [6, 6.07) is 0. The normalized spacial score (nSPS) is 28.3. The second-order valence-electron chi connectivity index (χ2n) is 12.2. The molecule has 11 nitrogen and oxygen atoms in total. The molecule has 2 fully saturated rings. The van der Waals surface area contributed by atoms with Gasteiger partial charge in [-0.3, -0.25) is 9.32 Å². The summed E-state index contributed by atoms with van der Waals surface area (Å²) in [5.41, 5.74) is 3.75. The van der Waals surface area contributed by atoms with E-state index in [1.54, 1.807) is 18.2 Å². The number of cyclic esters (lactones) is 1. The smallest absolute Gasteiger partial charge is 0.462 e. The minimum absolute atomic E-state index is 0.0238. The molecule has 0 radical (unpaired) electrons. The summed E-state index contributed by atoms with van der Waals surface area (Å²) in [5.74, 6) is -0.504. The van der Waals surface area contributed by atoms with Crippen molar-refractivity contribution in [3.05, 3.63) is 48.6 Å². The largest absolute Gasteiger partial charge is 0.469 e. The first-order chi connectivity index (χ1) is 20.9. The van der Waals surface area contributed by atoms with Gasteiger partial charge < -0.3 is 35.2 Å². The second kappa shape index (κ2) is 17.5. The molecule has 2 aliphatic carbocycles. The molecular weight excluding hydrogens is 589 g/mol. The van der Waals surface area contributed by atoms with Crippen molar-refractivity contribution in [3.8, 4) is 0 Å². The van der Waals surface area contributed by atoms with Crippen molar-refractivity contribution < 1.29 is 48.2 Å². The maximum Gasteiger partial charge on any atom is 0.469 e. The highest BCUT2D eigenvalue weighted by Gasteiger charge is 2.40. The van der Waals surface area contributed by atoms with Crippen molar-refractivity contribution in [1.82, 2.24) is 0 Å². The number of aliphatic hydroxyl groups is 2. The second-order valence-corrected chi connectivity index (χ2v) is 13.4. The molecule has 0 unspecified atom stereocenters. The molecule has 7 atom stereocenters. The highest BCUT2D eigenvalue weighted by molar-refractivity contribution is 7.46. The van der Waals surface area contributed by atoms with Gasteiger partial charge in [-0.1, -0.05) is 62.6 Å². The number of aliphatic hydroxyl groups excluding tert-OH is 1. The van der Waals surface area contributed by atoms with E-state index in [1.807, 2.05) is 13.0 Å². The van der Waals surface area contributed by atoms with Crippen LogP contribution in [0.25, 0.3) is 0 Å². The van der Waals surface area contributed by atoms with E-state index in [1.165, 1.54) is 30.7 Å². The Morgan fingerprint density at radius 2 is 1.91 bits per heavy atom. The standard InChI is InChI=1S/C32H50NO10P/c1-2-24-15-16-30(35)42-28(24)17-18-32(37,19-20-33)29(43-44(38,39)40)22-26(34)13-7-6-9-23-10-8-14-27(21-23)41-31(36)25-11-4-3-5-12-25/h6-7,9,13,15-18,23-29,34,37H,2-5,8,10-12,14,19-22,33H2,1H3,(H2,38,39,40)/t23-,24+,26-,27+,28+,29+,32+/m1/s1. The summed E-state index contributed by atoms with van der Waals surface area (Å²) >= 11 is 0. The van der Waals surface area contributed by atoms with Gasteiger partial charge >= 0.3 is 19.8 Å². The van der Waals surface area contributed by atoms with E-state index in [2.05, 4.69) is 0 Å². The van der Waals surface area contributed by atoms with E-state index in [4.69, 9.17) is 19.7 Å². The predicted molar refractivity (Wildman–Crippen MR) is 165 cm³/mol. The predicted octanol–water partition coefficient (Wildman–Crippen LogP) is 4.15. The molecule has 12 heteroatoms. The lowest BCUT2D eigenvalue weighted by molar-refractivity contribution is -0.157. The van der Waals surface area contributed by atoms with Crippen LogP contribution in [-0.4, -0.2) is 68.5 Å². The summed E-state index contributed by atoms with van der Waals surface area (Å²) in [7, 11) is -5.07. The first kappa shape index (κ1) is 36.4. The average molecular weight is 640 g/mol. The molecule has 3 rings (SSSR count). The van der Waals surface area contributed by atoms with Gasteiger partial charge in [0.15, 0.2) is 0 Å². The first-order valence-corrected chi connectivity index (χ1v) is 17.4. The molecule has 3 aliphatic rings. The summed E-state index contributed by atoms with van der Waals surface area (Å²) in [6.45, 7) is 1.87. The minimum atomic E-state index is -5.07. The van der Waals surface area contributed by atoms with E-state index < -0.39 is 37.7 Å². The fourth-order valence-electron chi connectivity index (χ4n) is 6.24. The lowest BCUT2D eigenvalue weighted by Crippen LogP contribution is -2.45. The van der Waals surface area contributed by atoms with E-state index in [0.29, 0.717) is 6.42 Å². The molecule has 0 aromatic heterocycles. The van der Waals surface area contributed by atoms with Crippen LogP contribution in [0.5, 0.6) is 0 Å². The maximum atomic E-state index is 12.6. The quantitative estimate of drug-likeness (QED) is 0.0750. The third-order valence-corrected chi connectivity index (χ3v) is 9.27. The van der Waals surface area contributed by atoms with Crippen LogP contribution in [0.1, 0.15) is 84.0 Å². The molecule has 0 aromatic carbocycles. The molecular formula is C32H50NO10P. The van der Waals surface area contributed by atoms with Crippen LogP contribution in [0, 0.1) is 17.8 Å². The summed E-state index contributed by atoms with van der Waals surface area (Å²) < 4.78 is 28.0. The molecule has 0 aromatic rings. The molecule has 0 saturated heterocycles. The van der Waals surface area contributed by atoms with Gasteiger partial charge in [-0.25, -0.2) is 9.36 Å². The Balaban J connectivity index is 1.61. The number of nitrogens with two attached hydrogens (primary N) is 1. The molecule has 0 amide bonds. The van der Waals surface area contributed by atoms with Crippen molar-refractivity contribution >= 4 is 19.8 Å². The van der Waals surface area contributed by atoms with Gasteiger partial charge in [-0.15, -0.1) is 0 Å². The Kier molecular flexibility index (Phi) is 14.5. The van der Waals surface area contributed by atoms with Crippen LogP contribution in [0.2, 0.25) is 0 Å². The summed E-state index contributed by atoms with van der Waals surface area (Å²) in [6.07, 6.45) is 18.0. The molecule has 1 aliphatic heterocycles. The third-order valence-electron chi connectivity index (χ3n) is 8.74. The first-order valence-electron chi connectivity index (χ1n) is 15.9. The lowest BCUT2D eigenvalue weighted by Gasteiger charge is -2.35. The van der Waals surface area contributed by atoms with E-state index in [0.717, 1.165) is 51.4 Å². The number of allylic oxidation sites excluding steroid dienone is 3. The van der Waals surface area contributed by atoms with Gasteiger partial charge in [-0.05, 0) is 69.9 Å². The topological polar surface area (TPSA) is 186 Å². The molecule has 1 heterocycles. The Morgan fingerprint density at radius 3 is 2.59 bits per heavy atom. The zero-order valence-corrected chi connectivity index (χ0v) is 26.5. The van der Waals surface area contributed by atoms with Gasteiger partial charge in [0, 0.05) is 18.4 Å². The van der Waals surface area contributed by atoms with Crippen molar-refractivity contribution in [2.75, 3.05) is 6.54 Å². The van der Waals surface area contributed by atoms with E-state index >= 15 is 0 Å². The summed E-state index contributed by atoms with van der Waals surface area (Å²) in [4.78, 5) is 43.5. The van der Waals surface area contributed by atoms with Crippen LogP contribution >= 0.6 is 7.82 Å².